The van der Waals surface area contributed by atoms with E-state index in [1.807, 2.05) is 0 Å². The van der Waals surface area contributed by atoms with Crippen molar-refractivity contribution in [2.45, 2.75) is 115 Å². The molecule has 5 rings (SSSR count). The molecule has 53 heavy (non-hydrogen) atoms. The highest BCUT2D eigenvalue weighted by Crippen LogP contribution is 2.45. The van der Waals surface area contributed by atoms with Gasteiger partial charge in [-0.3, -0.25) is 19.1 Å². The Labute approximate surface area is 305 Å². The fourth-order valence-electron chi connectivity index (χ4n) is 6.26. The summed E-state index contributed by atoms with van der Waals surface area (Å²) >= 11 is 0. The second-order valence-corrected chi connectivity index (χ2v) is 17.9. The average Bonchev–Trinajstić information content (AvgIpc) is 3.94. The number of hydrogen-bond donors (Lipinski definition) is 3. The maximum Gasteiger partial charge on any atom is 0.433 e. The number of ether oxygens (including phenoxy) is 2. The normalized spacial score (nSPS) is 23.9. The predicted octanol–water partition coefficient (Wildman–Crippen LogP) is 3.91. The molecule has 1 saturated heterocycles. The highest BCUT2D eigenvalue weighted by atomic mass is 32.2. The summed E-state index contributed by atoms with van der Waals surface area (Å²) < 4.78 is 79.4. The van der Waals surface area contributed by atoms with Gasteiger partial charge >= 0.3 is 12.3 Å². The molecule has 3 heterocycles. The average molecular weight is 767 g/mol. The third kappa shape index (κ3) is 8.84. The molecule has 3 fully saturated rings. The molecule has 0 bridgehead atoms. The molecule has 14 nitrogen and oxygen atoms in total. The number of nitrogens with one attached hydrogen (secondary N) is 3. The molecule has 18 heteroatoms. The van der Waals surface area contributed by atoms with Gasteiger partial charge in [0.25, 0.3) is 5.91 Å². The van der Waals surface area contributed by atoms with Crippen molar-refractivity contribution in [2.24, 2.45) is 11.3 Å². The third-order valence-corrected chi connectivity index (χ3v) is 11.0. The number of carbonyl (C=O) groups excluding carboxylic acids is 4. The van der Waals surface area contributed by atoms with Crippen molar-refractivity contribution in [3.8, 4) is 5.75 Å². The van der Waals surface area contributed by atoms with Gasteiger partial charge in [0, 0.05) is 24.1 Å². The topological polar surface area (TPSA) is 186 Å². The Balaban J connectivity index is 1.47. The molecule has 2 aromatic heterocycles. The highest BCUT2D eigenvalue weighted by molar-refractivity contribution is 7.91. The number of halogens is 3. The summed E-state index contributed by atoms with van der Waals surface area (Å²) in [5.41, 5.74) is -4.51. The van der Waals surface area contributed by atoms with Crippen LogP contribution in [-0.2, 0) is 35.3 Å². The number of alkyl carbamates (subject to hydrolysis) is 1. The molecule has 290 valence electrons. The van der Waals surface area contributed by atoms with E-state index in [1.165, 1.54) is 23.1 Å². The lowest BCUT2D eigenvalue weighted by molar-refractivity contribution is -0.143. The second-order valence-electron chi connectivity index (χ2n) is 15.9. The summed E-state index contributed by atoms with van der Waals surface area (Å²) in [7, 11) is -3.96. The van der Waals surface area contributed by atoms with Crippen LogP contribution in [0.4, 0.5) is 18.0 Å². The number of hydrogen-bond acceptors (Lipinski definition) is 10. The van der Waals surface area contributed by atoms with E-state index in [9.17, 15) is 40.8 Å². The smallest absolute Gasteiger partial charge is 0.433 e. The Hall–Kier alpha value is -4.48. The van der Waals surface area contributed by atoms with Crippen LogP contribution >= 0.6 is 0 Å². The van der Waals surface area contributed by atoms with Crippen molar-refractivity contribution in [2.75, 3.05) is 6.54 Å². The number of likely N-dealkylation sites (tertiary alicyclic amines) is 1. The van der Waals surface area contributed by atoms with Crippen LogP contribution in [0.5, 0.6) is 5.75 Å². The van der Waals surface area contributed by atoms with Crippen molar-refractivity contribution in [3.63, 3.8) is 0 Å². The van der Waals surface area contributed by atoms with Gasteiger partial charge in [-0.25, -0.2) is 23.2 Å². The molecular weight excluding hydrogens is 721 g/mol. The quantitative estimate of drug-likeness (QED) is 0.300. The molecule has 5 atom stereocenters. The minimum absolute atomic E-state index is 0.0644. The molecule has 3 aliphatic rings. The summed E-state index contributed by atoms with van der Waals surface area (Å²) in [5, 5.41) is 4.78. The first-order valence-corrected chi connectivity index (χ1v) is 18.7. The van der Waals surface area contributed by atoms with E-state index < -0.39 is 91.6 Å². The summed E-state index contributed by atoms with van der Waals surface area (Å²) in [6.07, 6.45) is -4.34. The van der Waals surface area contributed by atoms with Crippen molar-refractivity contribution in [3.05, 3.63) is 42.2 Å². The van der Waals surface area contributed by atoms with Crippen LogP contribution in [0, 0.1) is 18.3 Å². The minimum Gasteiger partial charge on any atom is -0.488 e. The van der Waals surface area contributed by atoms with Gasteiger partial charge in [-0.05, 0) is 64.5 Å². The van der Waals surface area contributed by atoms with E-state index in [0.717, 1.165) is 6.07 Å². The van der Waals surface area contributed by atoms with Gasteiger partial charge in [0.1, 0.15) is 40.8 Å². The Bertz CT molecular complexity index is 1940. The van der Waals surface area contributed by atoms with Crippen LogP contribution in [0.2, 0.25) is 0 Å². The molecule has 0 aromatic carbocycles. The van der Waals surface area contributed by atoms with E-state index in [4.69, 9.17) is 9.47 Å². The van der Waals surface area contributed by atoms with Gasteiger partial charge in [-0.2, -0.15) is 13.2 Å². The van der Waals surface area contributed by atoms with Crippen LogP contribution in [0.25, 0.3) is 11.0 Å². The summed E-state index contributed by atoms with van der Waals surface area (Å²) in [4.78, 5) is 64.0. The number of fused-ring (bicyclic) bond motifs is 1. The number of aromatic nitrogens is 2. The number of carbonyl (C=O) groups is 4. The molecule has 2 aliphatic carbocycles. The number of amides is 4. The van der Waals surface area contributed by atoms with Crippen molar-refractivity contribution >= 4 is 44.9 Å². The Morgan fingerprint density at radius 2 is 1.74 bits per heavy atom. The minimum atomic E-state index is -4.72. The van der Waals surface area contributed by atoms with Gasteiger partial charge in [0.15, 0.2) is 5.65 Å². The van der Waals surface area contributed by atoms with Crippen LogP contribution in [0.1, 0.15) is 78.6 Å². The van der Waals surface area contributed by atoms with E-state index in [1.54, 1.807) is 48.5 Å². The first-order chi connectivity index (χ1) is 24.3. The van der Waals surface area contributed by atoms with Crippen molar-refractivity contribution in [1.82, 2.24) is 30.2 Å². The number of nitrogens with zero attached hydrogens (tertiary/aromatic N) is 3. The number of sulfonamides is 1. The molecule has 0 spiro atoms. The van der Waals surface area contributed by atoms with Crippen molar-refractivity contribution in [1.29, 1.82) is 0 Å². The largest absolute Gasteiger partial charge is 0.488 e. The van der Waals surface area contributed by atoms with Gasteiger partial charge in [0.2, 0.25) is 21.8 Å². The maximum absolute atomic E-state index is 14.4. The first-order valence-electron chi connectivity index (χ1n) is 17.2. The lowest BCUT2D eigenvalue weighted by Crippen LogP contribution is -2.60. The maximum atomic E-state index is 14.4. The third-order valence-electron chi connectivity index (χ3n) is 9.22. The van der Waals surface area contributed by atoms with Gasteiger partial charge < -0.3 is 25.0 Å². The number of alkyl halides is 3. The molecule has 3 N–H and O–H groups in total. The van der Waals surface area contributed by atoms with E-state index in [-0.39, 0.29) is 36.2 Å². The first kappa shape index (κ1) is 39.7. The van der Waals surface area contributed by atoms with E-state index in [2.05, 4.69) is 31.9 Å². The lowest BCUT2D eigenvalue weighted by atomic mass is 9.85. The molecule has 4 amide bonds. The van der Waals surface area contributed by atoms with Gasteiger partial charge in [0.05, 0.1) is 17.2 Å². The fraction of sp³-hybridized carbons (Fsp3) is 0.600. The molecular formula is C35H45F3N6O8S. The van der Waals surface area contributed by atoms with Crippen LogP contribution < -0.4 is 20.1 Å². The predicted molar refractivity (Wildman–Crippen MR) is 186 cm³/mol. The summed E-state index contributed by atoms with van der Waals surface area (Å²) in [6, 6.07) is 0.955. The molecule has 0 radical (unpaired) electrons. The summed E-state index contributed by atoms with van der Waals surface area (Å²) in [6.45, 7) is 15.1. The summed E-state index contributed by atoms with van der Waals surface area (Å²) in [5.74, 6) is -2.87. The number of pyridine rings is 2. The Kier molecular flexibility index (Phi) is 10.3. The second kappa shape index (κ2) is 13.7. The zero-order chi connectivity index (χ0) is 39.5. The zero-order valence-corrected chi connectivity index (χ0v) is 31.4. The molecule has 2 unspecified atom stereocenters. The van der Waals surface area contributed by atoms with Gasteiger partial charge in [-0.1, -0.05) is 26.8 Å². The monoisotopic (exact) mass is 766 g/mol. The van der Waals surface area contributed by atoms with Crippen LogP contribution in [0.15, 0.2) is 30.9 Å². The van der Waals surface area contributed by atoms with Crippen molar-refractivity contribution < 1.29 is 50.2 Å². The molecule has 2 aromatic rings. The molecule has 1 aliphatic heterocycles. The Morgan fingerprint density at radius 1 is 1.08 bits per heavy atom. The molecule has 2 saturated carbocycles. The highest BCUT2D eigenvalue weighted by Gasteiger charge is 2.62. The van der Waals surface area contributed by atoms with Crippen LogP contribution in [0.3, 0.4) is 0 Å². The lowest BCUT2D eigenvalue weighted by Gasteiger charge is -2.36. The van der Waals surface area contributed by atoms with Crippen LogP contribution in [-0.4, -0.2) is 88.2 Å². The number of aryl methyl sites for hydroxylation is 1. The SMILES string of the molecule is C=CC1CC1(NC(=O)[C@@H]1C[C@@H](Oc2cc(C)nc3nc(C(F)(F)F)ccc23)CN1C(=O)[C@@H](NC(=O)OC(C)(C)C)C(C)(C)C)C(=O)NS(=O)(=O)C1CC1. The fourth-order valence-corrected chi connectivity index (χ4v) is 7.63. The van der Waals surface area contributed by atoms with Gasteiger partial charge in [-0.15, -0.1) is 6.58 Å². The van der Waals surface area contributed by atoms with E-state index in [0.29, 0.717) is 18.5 Å². The standard InChI is InChI=1S/C35H45F3N6O8S/c1-9-19-16-34(19,30(47)43-53(49,50)21-10-11-21)42-28(45)23-15-20(17-44(23)29(46)26(32(3,4)5)41-31(48)52-33(6,7)8)51-24-14-18(2)39-27-22(24)12-13-25(40-27)35(36,37)38/h9,12-14,19-21,23,26H,1,10-11,15-17H2,2-8H3,(H,41,48)(H,42,45)(H,43,47)/t19?,20-,23+,26-,34?/m1/s1. The zero-order valence-electron chi connectivity index (χ0n) is 30.6. The van der Waals surface area contributed by atoms with E-state index >= 15 is 0 Å². The Morgan fingerprint density at radius 3 is 2.28 bits per heavy atom. The number of rotatable bonds is 10.